The SMILES string of the molecule is COCCOC(=O)N1CCC(C2CCCCN2C(=O)C2CCC2)CC1. The molecule has 0 bridgehead atoms. The molecule has 0 aromatic carbocycles. The van der Waals surface area contributed by atoms with Gasteiger partial charge in [-0.25, -0.2) is 4.79 Å². The largest absolute Gasteiger partial charge is 0.447 e. The number of methoxy groups -OCH3 is 1. The molecule has 25 heavy (non-hydrogen) atoms. The van der Waals surface area contributed by atoms with Gasteiger partial charge in [0, 0.05) is 38.7 Å². The highest BCUT2D eigenvalue weighted by Crippen LogP contribution is 2.35. The third-order valence-corrected chi connectivity index (χ3v) is 6.14. The average molecular weight is 352 g/mol. The zero-order valence-corrected chi connectivity index (χ0v) is 15.5. The normalized spacial score (nSPS) is 25.6. The van der Waals surface area contributed by atoms with E-state index in [1.807, 2.05) is 0 Å². The zero-order valence-electron chi connectivity index (χ0n) is 15.5. The molecule has 3 rings (SSSR count). The number of hydrogen-bond donors (Lipinski definition) is 0. The Labute approximate surface area is 150 Å². The lowest BCUT2D eigenvalue weighted by molar-refractivity contribution is -0.144. The minimum absolute atomic E-state index is 0.235. The van der Waals surface area contributed by atoms with Gasteiger partial charge in [0.1, 0.15) is 6.61 Å². The van der Waals surface area contributed by atoms with Crippen molar-refractivity contribution in [1.29, 1.82) is 0 Å². The lowest BCUT2D eigenvalue weighted by atomic mass is 9.80. The summed E-state index contributed by atoms with van der Waals surface area (Å²) in [4.78, 5) is 28.8. The summed E-state index contributed by atoms with van der Waals surface area (Å²) >= 11 is 0. The molecule has 6 nitrogen and oxygen atoms in total. The second-order valence-electron chi connectivity index (χ2n) is 7.65. The number of hydrogen-bond acceptors (Lipinski definition) is 4. The molecule has 1 unspecified atom stereocenters. The maximum Gasteiger partial charge on any atom is 0.409 e. The molecule has 2 heterocycles. The number of carbonyl (C=O) groups is 2. The van der Waals surface area contributed by atoms with Crippen LogP contribution in [0, 0.1) is 11.8 Å². The van der Waals surface area contributed by atoms with Crippen LogP contribution in [0.5, 0.6) is 0 Å². The highest BCUT2D eigenvalue weighted by Gasteiger charge is 2.39. The van der Waals surface area contributed by atoms with Crippen molar-refractivity contribution in [1.82, 2.24) is 9.80 Å². The van der Waals surface area contributed by atoms with Crippen LogP contribution in [0.15, 0.2) is 0 Å². The molecule has 3 aliphatic rings. The van der Waals surface area contributed by atoms with E-state index in [0.717, 1.165) is 58.2 Å². The Morgan fingerprint density at radius 2 is 1.68 bits per heavy atom. The molecule has 2 aliphatic heterocycles. The molecule has 6 heteroatoms. The monoisotopic (exact) mass is 352 g/mol. The van der Waals surface area contributed by atoms with Gasteiger partial charge in [-0.3, -0.25) is 4.79 Å². The Bertz CT molecular complexity index is 458. The number of likely N-dealkylation sites (tertiary alicyclic amines) is 2. The van der Waals surface area contributed by atoms with E-state index in [9.17, 15) is 9.59 Å². The number of carbonyl (C=O) groups excluding carboxylic acids is 2. The predicted octanol–water partition coefficient (Wildman–Crippen LogP) is 2.66. The Kier molecular flexibility index (Phi) is 6.57. The van der Waals surface area contributed by atoms with Crippen molar-refractivity contribution in [2.45, 2.75) is 57.4 Å². The van der Waals surface area contributed by atoms with Crippen molar-refractivity contribution in [3.8, 4) is 0 Å². The summed E-state index contributed by atoms with van der Waals surface area (Å²) in [6, 6.07) is 0.383. The quantitative estimate of drug-likeness (QED) is 0.714. The van der Waals surface area contributed by atoms with Gasteiger partial charge in [0.05, 0.1) is 6.61 Å². The van der Waals surface area contributed by atoms with Crippen molar-refractivity contribution < 1.29 is 19.1 Å². The Morgan fingerprint density at radius 1 is 0.920 bits per heavy atom. The van der Waals surface area contributed by atoms with Crippen LogP contribution >= 0.6 is 0 Å². The molecule has 1 atom stereocenters. The summed E-state index contributed by atoms with van der Waals surface area (Å²) in [5.74, 6) is 1.21. The summed E-state index contributed by atoms with van der Waals surface area (Å²) < 4.78 is 10.1. The minimum Gasteiger partial charge on any atom is -0.447 e. The number of nitrogens with zero attached hydrogens (tertiary/aromatic N) is 2. The maximum absolute atomic E-state index is 12.8. The van der Waals surface area contributed by atoms with E-state index in [1.165, 1.54) is 12.8 Å². The van der Waals surface area contributed by atoms with Crippen LogP contribution in [0.2, 0.25) is 0 Å². The topological polar surface area (TPSA) is 59.1 Å². The van der Waals surface area contributed by atoms with Crippen LogP contribution in [0.3, 0.4) is 0 Å². The Morgan fingerprint density at radius 3 is 2.32 bits per heavy atom. The zero-order chi connectivity index (χ0) is 17.6. The molecular formula is C19H32N2O4. The van der Waals surface area contributed by atoms with E-state index in [0.29, 0.717) is 31.1 Å². The fraction of sp³-hybridized carbons (Fsp3) is 0.895. The molecule has 0 N–H and O–H groups in total. The van der Waals surface area contributed by atoms with Gasteiger partial charge in [0.15, 0.2) is 0 Å². The molecule has 1 saturated carbocycles. The third kappa shape index (κ3) is 4.46. The van der Waals surface area contributed by atoms with Crippen LogP contribution in [0.1, 0.15) is 51.4 Å². The fourth-order valence-electron chi connectivity index (χ4n) is 4.38. The van der Waals surface area contributed by atoms with E-state index in [2.05, 4.69) is 4.90 Å². The Hall–Kier alpha value is -1.30. The molecule has 2 amide bonds. The number of rotatable bonds is 5. The second-order valence-corrected chi connectivity index (χ2v) is 7.65. The van der Waals surface area contributed by atoms with Crippen LogP contribution in [0.4, 0.5) is 4.79 Å². The standard InChI is InChI=1S/C19H32N2O4/c1-24-13-14-25-19(23)20-11-8-15(9-12-20)17-7-2-3-10-21(17)18(22)16-5-4-6-16/h15-17H,2-14H2,1H3. The molecule has 0 radical (unpaired) electrons. The van der Waals surface area contributed by atoms with Crippen molar-refractivity contribution in [2.75, 3.05) is 40.0 Å². The first-order valence-electron chi connectivity index (χ1n) is 9.92. The molecule has 2 saturated heterocycles. The van der Waals surface area contributed by atoms with Crippen molar-refractivity contribution in [3.05, 3.63) is 0 Å². The van der Waals surface area contributed by atoms with E-state index in [4.69, 9.17) is 9.47 Å². The van der Waals surface area contributed by atoms with E-state index < -0.39 is 0 Å². The summed E-state index contributed by atoms with van der Waals surface area (Å²) in [5.41, 5.74) is 0. The molecule has 0 aromatic heterocycles. The molecular weight excluding hydrogens is 320 g/mol. The van der Waals surface area contributed by atoms with E-state index in [-0.39, 0.29) is 12.0 Å². The molecule has 1 aliphatic carbocycles. The van der Waals surface area contributed by atoms with Crippen LogP contribution in [-0.2, 0) is 14.3 Å². The average Bonchev–Trinajstić information content (AvgIpc) is 2.60. The first-order valence-corrected chi connectivity index (χ1v) is 9.92. The number of piperidine rings is 2. The summed E-state index contributed by atoms with van der Waals surface area (Å²) in [6.07, 6.45) is 8.55. The fourth-order valence-corrected chi connectivity index (χ4v) is 4.38. The van der Waals surface area contributed by atoms with Gasteiger partial charge in [-0.2, -0.15) is 0 Å². The Balaban J connectivity index is 1.50. The highest BCUT2D eigenvalue weighted by molar-refractivity contribution is 5.80. The van der Waals surface area contributed by atoms with Gasteiger partial charge in [0.2, 0.25) is 5.91 Å². The van der Waals surface area contributed by atoms with Gasteiger partial charge in [-0.05, 0) is 50.9 Å². The molecule has 3 fully saturated rings. The first kappa shape index (κ1) is 18.5. The summed E-state index contributed by atoms with van der Waals surface area (Å²) in [6.45, 7) is 3.14. The highest BCUT2D eigenvalue weighted by atomic mass is 16.6. The smallest absolute Gasteiger partial charge is 0.409 e. The maximum atomic E-state index is 12.8. The van der Waals surface area contributed by atoms with Crippen molar-refractivity contribution >= 4 is 12.0 Å². The number of ether oxygens (including phenoxy) is 2. The summed E-state index contributed by atoms with van der Waals surface area (Å²) in [5, 5.41) is 0. The minimum atomic E-state index is -0.235. The van der Waals surface area contributed by atoms with Gasteiger partial charge < -0.3 is 19.3 Å². The van der Waals surface area contributed by atoms with Crippen LogP contribution < -0.4 is 0 Å². The lowest BCUT2D eigenvalue weighted by Gasteiger charge is -2.45. The molecule has 142 valence electrons. The van der Waals surface area contributed by atoms with E-state index in [1.54, 1.807) is 12.0 Å². The first-order chi connectivity index (χ1) is 12.2. The molecule has 0 aromatic rings. The molecule has 0 spiro atoms. The predicted molar refractivity (Wildman–Crippen MR) is 94.2 cm³/mol. The van der Waals surface area contributed by atoms with Crippen LogP contribution in [-0.4, -0.2) is 67.8 Å². The van der Waals surface area contributed by atoms with Crippen molar-refractivity contribution in [2.24, 2.45) is 11.8 Å². The van der Waals surface area contributed by atoms with Gasteiger partial charge >= 0.3 is 6.09 Å². The number of amides is 2. The van der Waals surface area contributed by atoms with Gasteiger partial charge in [-0.15, -0.1) is 0 Å². The van der Waals surface area contributed by atoms with Gasteiger partial charge in [-0.1, -0.05) is 6.42 Å². The third-order valence-electron chi connectivity index (χ3n) is 6.14. The second kappa shape index (κ2) is 8.88. The van der Waals surface area contributed by atoms with E-state index >= 15 is 0 Å². The lowest BCUT2D eigenvalue weighted by Crippen LogP contribution is -2.53. The van der Waals surface area contributed by atoms with Gasteiger partial charge in [0.25, 0.3) is 0 Å². The summed E-state index contributed by atoms with van der Waals surface area (Å²) in [7, 11) is 1.60. The van der Waals surface area contributed by atoms with Crippen molar-refractivity contribution in [3.63, 3.8) is 0 Å². The van der Waals surface area contributed by atoms with Crippen LogP contribution in [0.25, 0.3) is 0 Å².